The van der Waals surface area contributed by atoms with Crippen LogP contribution in [0.4, 0.5) is 0 Å². The van der Waals surface area contributed by atoms with Crippen LogP contribution < -0.4 is 0 Å². The summed E-state index contributed by atoms with van der Waals surface area (Å²) in [4.78, 5) is 25.5. The summed E-state index contributed by atoms with van der Waals surface area (Å²) in [5.41, 5.74) is 1.47. The Bertz CT molecular complexity index is 505. The Morgan fingerprint density at radius 3 is 2.37 bits per heavy atom. The van der Waals surface area contributed by atoms with Gasteiger partial charge >= 0.3 is 0 Å². The van der Waals surface area contributed by atoms with E-state index < -0.39 is 0 Å². The van der Waals surface area contributed by atoms with E-state index in [4.69, 9.17) is 0 Å². The van der Waals surface area contributed by atoms with Gasteiger partial charge in [0.1, 0.15) is 0 Å². The average molecular weight is 278 g/mol. The topological polar surface area (TPSA) is 34.1 Å². The minimum Gasteiger partial charge on any atom is -0.290 e. The zero-order valence-electron chi connectivity index (χ0n) is 12.6. The van der Waals surface area contributed by atoms with E-state index in [-0.39, 0.29) is 17.0 Å². The molecule has 0 aromatic heterocycles. The Balaban J connectivity index is 3.06. The summed E-state index contributed by atoms with van der Waals surface area (Å²) in [5.74, 6) is -0.0250. The summed E-state index contributed by atoms with van der Waals surface area (Å²) >= 11 is 1.69. The Morgan fingerprint density at radius 2 is 1.84 bits per heavy atom. The maximum absolute atomic E-state index is 12.3. The monoisotopic (exact) mass is 278 g/mol. The van der Waals surface area contributed by atoms with Crippen molar-refractivity contribution >= 4 is 23.3 Å². The molecule has 19 heavy (non-hydrogen) atoms. The van der Waals surface area contributed by atoms with Crippen LogP contribution in [0.15, 0.2) is 33.8 Å². The average Bonchev–Trinajstić information content (AvgIpc) is 2.37. The van der Waals surface area contributed by atoms with Crippen LogP contribution in [-0.4, -0.2) is 17.8 Å². The molecule has 0 aromatic rings. The zero-order valence-corrected chi connectivity index (χ0v) is 13.4. The smallest absolute Gasteiger partial charge is 0.185 e. The van der Waals surface area contributed by atoms with Crippen molar-refractivity contribution in [3.05, 3.63) is 33.8 Å². The van der Waals surface area contributed by atoms with E-state index in [1.54, 1.807) is 25.6 Å². The van der Waals surface area contributed by atoms with Gasteiger partial charge in [-0.3, -0.25) is 9.59 Å². The lowest BCUT2D eigenvalue weighted by molar-refractivity contribution is -0.116. The van der Waals surface area contributed by atoms with E-state index in [2.05, 4.69) is 13.0 Å². The Labute approximate surface area is 120 Å². The van der Waals surface area contributed by atoms with Crippen LogP contribution in [0.25, 0.3) is 0 Å². The molecule has 0 fully saturated rings. The van der Waals surface area contributed by atoms with E-state index >= 15 is 0 Å². The fourth-order valence-electron chi connectivity index (χ4n) is 1.96. The van der Waals surface area contributed by atoms with Crippen LogP contribution in [-0.2, 0) is 9.59 Å². The highest BCUT2D eigenvalue weighted by molar-refractivity contribution is 8.02. The molecular formula is C16H22O2S. The van der Waals surface area contributed by atoms with E-state index in [1.807, 2.05) is 20.1 Å². The number of ketones is 2. The minimum atomic E-state index is -0.314. The molecule has 0 bridgehead atoms. The number of hydrogen-bond donors (Lipinski definition) is 0. The molecule has 0 radical (unpaired) electrons. The van der Waals surface area contributed by atoms with Gasteiger partial charge in [0, 0.05) is 16.7 Å². The highest BCUT2D eigenvalue weighted by Crippen LogP contribution is 2.36. The van der Waals surface area contributed by atoms with E-state index in [1.165, 1.54) is 11.0 Å². The van der Waals surface area contributed by atoms with Gasteiger partial charge in [0.05, 0.1) is 0 Å². The third-order valence-electron chi connectivity index (χ3n) is 3.74. The van der Waals surface area contributed by atoms with Gasteiger partial charge in [-0.1, -0.05) is 19.9 Å². The Morgan fingerprint density at radius 1 is 1.26 bits per heavy atom. The largest absolute Gasteiger partial charge is 0.290 e. The maximum Gasteiger partial charge on any atom is 0.185 e. The normalized spacial score (nSPS) is 18.0. The van der Waals surface area contributed by atoms with Crippen LogP contribution in [0.1, 0.15) is 41.0 Å². The molecule has 0 amide bonds. The first-order valence-electron chi connectivity index (χ1n) is 6.40. The van der Waals surface area contributed by atoms with Crippen LogP contribution in [0.3, 0.4) is 0 Å². The molecule has 0 saturated heterocycles. The second-order valence-corrected chi connectivity index (χ2v) is 6.66. The number of thioether (sulfide) groups is 1. The van der Waals surface area contributed by atoms with Gasteiger partial charge < -0.3 is 0 Å². The first-order chi connectivity index (χ1) is 8.70. The first kappa shape index (κ1) is 16.0. The number of hydrogen-bond acceptors (Lipinski definition) is 3. The molecule has 0 heterocycles. The summed E-state index contributed by atoms with van der Waals surface area (Å²) in [5, 5.41) is 0. The van der Waals surface area contributed by atoms with Gasteiger partial charge in [-0.2, -0.15) is 0 Å². The summed E-state index contributed by atoms with van der Waals surface area (Å²) in [7, 11) is 0. The maximum atomic E-state index is 12.3. The lowest BCUT2D eigenvalue weighted by Gasteiger charge is -2.28. The Kier molecular flexibility index (Phi) is 4.97. The summed E-state index contributed by atoms with van der Waals surface area (Å²) in [6.07, 6.45) is 6.44. The molecule has 1 aliphatic carbocycles. The van der Waals surface area contributed by atoms with Gasteiger partial charge in [-0.15, -0.1) is 11.8 Å². The van der Waals surface area contributed by atoms with E-state index in [9.17, 15) is 9.59 Å². The predicted octanol–water partition coefficient (Wildman–Crippen LogP) is 4.08. The van der Waals surface area contributed by atoms with Crippen molar-refractivity contribution in [1.29, 1.82) is 0 Å². The molecule has 1 rings (SSSR count). The van der Waals surface area contributed by atoms with Crippen molar-refractivity contribution < 1.29 is 9.59 Å². The number of carbonyl (C=O) groups excluding carboxylic acids is 2. The lowest BCUT2D eigenvalue weighted by Crippen LogP contribution is -2.27. The van der Waals surface area contributed by atoms with Gasteiger partial charge in [-0.25, -0.2) is 0 Å². The van der Waals surface area contributed by atoms with Crippen LogP contribution in [0.2, 0.25) is 0 Å². The summed E-state index contributed by atoms with van der Waals surface area (Å²) < 4.78 is 0. The fraction of sp³-hybridized carbons (Fsp3) is 0.500. The first-order valence-corrected chi connectivity index (χ1v) is 7.62. The van der Waals surface area contributed by atoms with Gasteiger partial charge in [0.15, 0.2) is 11.6 Å². The summed E-state index contributed by atoms with van der Waals surface area (Å²) in [6.45, 7) is 9.54. The van der Waals surface area contributed by atoms with Crippen LogP contribution >= 0.6 is 11.8 Å². The molecule has 2 nitrogen and oxygen atoms in total. The molecule has 0 atom stereocenters. The molecule has 0 saturated carbocycles. The quantitative estimate of drug-likeness (QED) is 0.727. The third kappa shape index (κ3) is 3.47. The Hall–Kier alpha value is -1.09. The van der Waals surface area contributed by atoms with Crippen molar-refractivity contribution in [2.24, 2.45) is 5.41 Å². The zero-order chi connectivity index (χ0) is 14.8. The molecule has 0 spiro atoms. The van der Waals surface area contributed by atoms with Crippen molar-refractivity contribution in [3.8, 4) is 0 Å². The number of Topliss-reactive ketones (excluding diaryl/α,β-unsaturated/α-hetero) is 1. The second kappa shape index (κ2) is 5.91. The molecule has 3 heteroatoms. The molecule has 1 aliphatic rings. The number of carbonyl (C=O) groups is 2. The molecule has 0 aromatic carbocycles. The standard InChI is InChI=1S/C16H22O2S/c1-10(19-6)7-8-16(4,5)13-9-14(17)11(2)12(3)15(13)18/h7,9H,8H2,1-6H3/b10-7+. The minimum absolute atomic E-state index is 0.0114. The van der Waals surface area contributed by atoms with Gasteiger partial charge in [0.2, 0.25) is 0 Å². The van der Waals surface area contributed by atoms with Crippen LogP contribution in [0.5, 0.6) is 0 Å². The van der Waals surface area contributed by atoms with Crippen molar-refractivity contribution in [3.63, 3.8) is 0 Å². The summed E-state index contributed by atoms with van der Waals surface area (Å²) in [6, 6.07) is 0. The van der Waals surface area contributed by atoms with E-state index in [0.29, 0.717) is 16.7 Å². The van der Waals surface area contributed by atoms with Crippen molar-refractivity contribution in [2.75, 3.05) is 6.26 Å². The SMILES string of the molecule is CS/C(C)=C/CC(C)(C)C1=CC(=O)C(C)=C(C)C1=O. The number of rotatable bonds is 4. The lowest BCUT2D eigenvalue weighted by atomic mass is 9.74. The predicted molar refractivity (Wildman–Crippen MR) is 82.1 cm³/mol. The highest BCUT2D eigenvalue weighted by Gasteiger charge is 2.33. The third-order valence-corrected chi connectivity index (χ3v) is 4.55. The molecular weight excluding hydrogens is 256 g/mol. The highest BCUT2D eigenvalue weighted by atomic mass is 32.2. The van der Waals surface area contributed by atoms with Crippen molar-refractivity contribution in [2.45, 2.75) is 41.0 Å². The molecule has 0 N–H and O–H groups in total. The molecule has 0 unspecified atom stereocenters. The van der Waals surface area contributed by atoms with Gasteiger partial charge in [-0.05, 0) is 49.8 Å². The van der Waals surface area contributed by atoms with Crippen LogP contribution in [0, 0.1) is 5.41 Å². The molecule has 104 valence electrons. The van der Waals surface area contributed by atoms with Gasteiger partial charge in [0.25, 0.3) is 0 Å². The molecule has 0 aliphatic heterocycles. The number of allylic oxidation sites excluding steroid dienone is 6. The fourth-order valence-corrected chi connectivity index (χ4v) is 2.21. The van der Waals surface area contributed by atoms with E-state index in [0.717, 1.165) is 6.42 Å². The second-order valence-electron chi connectivity index (χ2n) is 5.61. The van der Waals surface area contributed by atoms with Crippen molar-refractivity contribution in [1.82, 2.24) is 0 Å².